The lowest BCUT2D eigenvalue weighted by Gasteiger charge is -2.39. The van der Waals surface area contributed by atoms with Crippen molar-refractivity contribution in [2.75, 3.05) is 4.90 Å². The van der Waals surface area contributed by atoms with E-state index in [0.29, 0.717) is 0 Å². The van der Waals surface area contributed by atoms with Crippen LogP contribution in [0.5, 0.6) is 0 Å². The molecule has 5 aromatic rings. The van der Waals surface area contributed by atoms with Gasteiger partial charge >= 0.3 is 0 Å². The molecule has 0 saturated carbocycles. The van der Waals surface area contributed by atoms with Gasteiger partial charge in [-0.15, -0.1) is 0 Å². The molecule has 2 heteroatoms. The molecule has 2 aliphatic rings. The van der Waals surface area contributed by atoms with Crippen LogP contribution in [0.4, 0.5) is 17.1 Å². The average molecular weight is 353 g/mol. The van der Waals surface area contributed by atoms with Gasteiger partial charge in [-0.2, -0.15) is 0 Å². The van der Waals surface area contributed by atoms with Crippen LogP contribution in [0.25, 0.3) is 43.8 Å². The fourth-order valence-electron chi connectivity index (χ4n) is 5.29. The molecule has 0 radical (unpaired) electrons. The van der Waals surface area contributed by atoms with Crippen LogP contribution in [0.2, 0.25) is 0 Å². The Morgan fingerprint density at radius 1 is 0.571 bits per heavy atom. The van der Waals surface area contributed by atoms with Gasteiger partial charge in [-0.1, -0.05) is 78.3 Å². The molecule has 0 saturated heterocycles. The third-order valence-electron chi connectivity index (χ3n) is 6.41. The Morgan fingerprint density at radius 3 is 2.14 bits per heavy atom. The molecule has 0 N–H and O–H groups in total. The highest BCUT2D eigenvalue weighted by Gasteiger charge is 2.33. The van der Waals surface area contributed by atoms with Gasteiger partial charge in [-0.3, -0.25) is 0 Å². The molecule has 2 heterocycles. The summed E-state index contributed by atoms with van der Waals surface area (Å²) in [6, 6.07) is 31.3. The Hall–Kier alpha value is -3.52. The maximum atomic E-state index is 2.49. The maximum Gasteiger partial charge on any atom is 0.140 e. The van der Waals surface area contributed by atoms with Gasteiger partial charge < -0.3 is 4.90 Å². The highest BCUT2D eigenvalue weighted by Crippen LogP contribution is 2.58. The zero-order valence-corrected chi connectivity index (χ0v) is 15.5. The summed E-state index contributed by atoms with van der Waals surface area (Å²) in [6.45, 7) is 0. The van der Waals surface area contributed by atoms with Crippen LogP contribution in [-0.2, 0) is 0 Å². The van der Waals surface area contributed by atoms with Crippen molar-refractivity contribution in [3.63, 3.8) is 0 Å². The van der Waals surface area contributed by atoms with E-state index in [0.717, 1.165) is 0 Å². The number of nitrogens with zero attached hydrogens (tertiary/aromatic N) is 1. The topological polar surface area (TPSA) is 3.24 Å². The van der Waals surface area contributed by atoms with Crippen LogP contribution in [0.1, 0.15) is 0 Å². The molecule has 128 valence electrons. The normalized spacial score (nSPS) is 13.1. The molecule has 0 aromatic heterocycles. The first kappa shape index (κ1) is 14.5. The number of anilines is 3. The van der Waals surface area contributed by atoms with Gasteiger partial charge in [-0.25, -0.2) is 0 Å². The number of rotatable bonds is 0. The summed E-state index contributed by atoms with van der Waals surface area (Å²) in [5.74, 6) is 0. The Labute approximate surface area is 164 Å². The Balaban J connectivity index is 1.82. The third-order valence-corrected chi connectivity index (χ3v) is 6.41. The summed E-state index contributed by atoms with van der Waals surface area (Å²) in [5.41, 5.74) is 10.6. The molecule has 5 aromatic carbocycles. The zero-order valence-electron chi connectivity index (χ0n) is 15.5. The zero-order chi connectivity index (χ0) is 18.4. The Kier molecular flexibility index (Phi) is 2.52. The minimum atomic E-state index is 1.27. The van der Waals surface area contributed by atoms with Crippen molar-refractivity contribution in [3.8, 4) is 22.3 Å². The quantitative estimate of drug-likeness (QED) is 0.317. The second kappa shape index (κ2) is 4.85. The number of hydrogen-bond acceptors (Lipinski definition) is 1. The first-order chi connectivity index (χ1) is 13.8. The highest BCUT2D eigenvalue weighted by molar-refractivity contribution is 6.42. The van der Waals surface area contributed by atoms with Gasteiger partial charge in [0.1, 0.15) is 7.85 Å². The van der Waals surface area contributed by atoms with Crippen LogP contribution in [-0.4, -0.2) is 7.85 Å². The van der Waals surface area contributed by atoms with Gasteiger partial charge in [0.15, 0.2) is 0 Å². The molecule has 0 spiro atoms. The number of para-hydroxylation sites is 1. The van der Waals surface area contributed by atoms with Gasteiger partial charge in [0, 0.05) is 21.9 Å². The molecule has 7 rings (SSSR count). The monoisotopic (exact) mass is 353 g/mol. The smallest absolute Gasteiger partial charge is 0.140 e. The van der Waals surface area contributed by atoms with Crippen LogP contribution in [0.15, 0.2) is 84.9 Å². The standard InChI is InChI=1S/C26H16BN/c27-21-14-20-18-9-3-6-15-7-4-13-23(24(15)18)28-22-12-2-1-8-16(22)17-10-5-11-19(21)25(17)26(20)28/h1-14H,27H2. The number of benzene rings is 5. The van der Waals surface area contributed by atoms with E-state index in [4.69, 9.17) is 0 Å². The molecule has 0 amide bonds. The van der Waals surface area contributed by atoms with Gasteiger partial charge in [0.2, 0.25) is 0 Å². The molecule has 1 nitrogen and oxygen atoms in total. The summed E-state index contributed by atoms with van der Waals surface area (Å²) < 4.78 is 0. The lowest BCUT2D eigenvalue weighted by molar-refractivity contribution is 1.29. The predicted molar refractivity (Wildman–Crippen MR) is 122 cm³/mol. The minimum absolute atomic E-state index is 1.27. The van der Waals surface area contributed by atoms with E-state index >= 15 is 0 Å². The summed E-state index contributed by atoms with van der Waals surface area (Å²) >= 11 is 0. The van der Waals surface area contributed by atoms with Crippen LogP contribution in [0, 0.1) is 0 Å². The van der Waals surface area contributed by atoms with Crippen molar-refractivity contribution >= 4 is 51.9 Å². The lowest BCUT2D eigenvalue weighted by atomic mass is 9.78. The van der Waals surface area contributed by atoms with E-state index in [1.165, 1.54) is 66.3 Å². The largest absolute Gasteiger partial charge is 0.308 e. The first-order valence-electron chi connectivity index (χ1n) is 9.81. The molecular weight excluding hydrogens is 337 g/mol. The minimum Gasteiger partial charge on any atom is -0.308 e. The van der Waals surface area contributed by atoms with Crippen molar-refractivity contribution < 1.29 is 0 Å². The van der Waals surface area contributed by atoms with E-state index in [-0.39, 0.29) is 0 Å². The summed E-state index contributed by atoms with van der Waals surface area (Å²) in [7, 11) is 2.24. The molecule has 0 bridgehead atoms. The third kappa shape index (κ3) is 1.56. The highest BCUT2D eigenvalue weighted by atomic mass is 15.2. The maximum absolute atomic E-state index is 2.49. The SMILES string of the molecule is Bc1cc2c3c4c(cccc14)-c1ccccc1N3c1cccc3cccc-2c13. The van der Waals surface area contributed by atoms with E-state index in [1.54, 1.807) is 0 Å². The summed E-state index contributed by atoms with van der Waals surface area (Å²) in [4.78, 5) is 2.49. The second-order valence-electron chi connectivity index (χ2n) is 7.85. The first-order valence-corrected chi connectivity index (χ1v) is 9.81. The van der Waals surface area contributed by atoms with Gasteiger partial charge in [-0.05, 0) is 34.0 Å². The van der Waals surface area contributed by atoms with E-state index in [9.17, 15) is 0 Å². The molecule has 0 unspecified atom stereocenters. The van der Waals surface area contributed by atoms with Gasteiger partial charge in [0.05, 0.1) is 17.1 Å². The molecule has 0 fully saturated rings. The summed E-state index contributed by atoms with van der Waals surface area (Å²) in [5, 5.41) is 5.38. The van der Waals surface area contributed by atoms with E-state index < -0.39 is 0 Å². The van der Waals surface area contributed by atoms with Crippen molar-refractivity contribution in [2.24, 2.45) is 0 Å². The van der Waals surface area contributed by atoms with Crippen LogP contribution in [0.3, 0.4) is 0 Å². The Bertz CT molecular complexity index is 1480. The summed E-state index contributed by atoms with van der Waals surface area (Å²) in [6.07, 6.45) is 0. The molecule has 28 heavy (non-hydrogen) atoms. The second-order valence-corrected chi connectivity index (χ2v) is 7.85. The lowest BCUT2D eigenvalue weighted by Crippen LogP contribution is -2.21. The fourth-order valence-corrected chi connectivity index (χ4v) is 5.29. The van der Waals surface area contributed by atoms with Crippen molar-refractivity contribution in [2.45, 2.75) is 0 Å². The van der Waals surface area contributed by atoms with Crippen molar-refractivity contribution in [1.82, 2.24) is 0 Å². The molecular formula is C26H16BN. The van der Waals surface area contributed by atoms with Gasteiger partial charge in [0.25, 0.3) is 0 Å². The van der Waals surface area contributed by atoms with Crippen molar-refractivity contribution in [1.29, 1.82) is 0 Å². The fraction of sp³-hybridized carbons (Fsp3) is 0. The van der Waals surface area contributed by atoms with E-state index in [2.05, 4.69) is 97.7 Å². The molecule has 2 aliphatic heterocycles. The van der Waals surface area contributed by atoms with Crippen molar-refractivity contribution in [3.05, 3.63) is 84.9 Å². The Morgan fingerprint density at radius 2 is 1.25 bits per heavy atom. The van der Waals surface area contributed by atoms with Crippen LogP contribution >= 0.6 is 0 Å². The number of fused-ring (bicyclic) bond motifs is 5. The molecule has 0 atom stereocenters. The predicted octanol–water partition coefficient (Wildman–Crippen LogP) is 5.68. The van der Waals surface area contributed by atoms with Crippen LogP contribution < -0.4 is 10.4 Å². The number of hydrogen-bond donors (Lipinski definition) is 0. The average Bonchev–Trinajstić information content (AvgIpc) is 2.75. The van der Waals surface area contributed by atoms with E-state index in [1.807, 2.05) is 0 Å². The molecule has 0 aliphatic carbocycles.